The van der Waals surface area contributed by atoms with Crippen LogP contribution in [0.15, 0.2) is 53.6 Å². The first-order valence-electron chi connectivity index (χ1n) is 9.97. The van der Waals surface area contributed by atoms with E-state index in [9.17, 15) is 14.9 Å². The van der Waals surface area contributed by atoms with Crippen LogP contribution in [0.3, 0.4) is 0 Å². The third-order valence-electron chi connectivity index (χ3n) is 4.89. The van der Waals surface area contributed by atoms with Gasteiger partial charge in [0, 0.05) is 28.0 Å². The third kappa shape index (κ3) is 5.15. The average Bonchev–Trinajstić information content (AvgIpc) is 3.05. The fourth-order valence-corrected chi connectivity index (χ4v) is 3.49. The Kier molecular flexibility index (Phi) is 7.27. The van der Waals surface area contributed by atoms with Crippen LogP contribution in [0.25, 0.3) is 5.69 Å². The molecule has 166 valence electrons. The number of hydrogen-bond donors (Lipinski definition) is 1. The van der Waals surface area contributed by atoms with E-state index in [-0.39, 0.29) is 17.9 Å². The Hall–Kier alpha value is -3.65. The monoisotopic (exact) mass is 454 g/mol. The molecular weight excluding hydrogens is 432 g/mol. The molecule has 1 heterocycles. The molecule has 2 aromatic carbocycles. The normalized spacial score (nSPS) is 11.0. The Morgan fingerprint density at radius 3 is 2.59 bits per heavy atom. The second kappa shape index (κ2) is 10.1. The van der Waals surface area contributed by atoms with Gasteiger partial charge in [0.05, 0.1) is 30.0 Å². The molecule has 0 radical (unpaired) electrons. The van der Waals surface area contributed by atoms with Crippen molar-refractivity contribution in [2.24, 2.45) is 5.10 Å². The summed E-state index contributed by atoms with van der Waals surface area (Å²) in [5.41, 5.74) is 6.85. The van der Waals surface area contributed by atoms with Crippen molar-refractivity contribution < 1.29 is 14.5 Å². The van der Waals surface area contributed by atoms with Crippen LogP contribution in [-0.2, 0) is 11.3 Å². The van der Waals surface area contributed by atoms with Crippen molar-refractivity contribution >= 4 is 29.5 Å². The van der Waals surface area contributed by atoms with E-state index in [4.69, 9.17) is 16.3 Å². The zero-order valence-electron chi connectivity index (χ0n) is 18.0. The van der Waals surface area contributed by atoms with Gasteiger partial charge < -0.3 is 14.7 Å². The number of rotatable bonds is 8. The lowest BCUT2D eigenvalue weighted by Gasteiger charge is -2.11. The van der Waals surface area contributed by atoms with Crippen molar-refractivity contribution in [2.75, 3.05) is 6.61 Å². The molecule has 0 atom stereocenters. The summed E-state index contributed by atoms with van der Waals surface area (Å²) in [5.74, 6) is -0.716. The van der Waals surface area contributed by atoms with Crippen molar-refractivity contribution in [2.45, 2.75) is 27.3 Å². The molecule has 0 saturated heterocycles. The minimum atomic E-state index is -0.716. The summed E-state index contributed by atoms with van der Waals surface area (Å²) in [7, 11) is 0. The lowest BCUT2D eigenvalue weighted by Crippen LogP contribution is -2.09. The van der Waals surface area contributed by atoms with Crippen molar-refractivity contribution in [3.8, 4) is 5.69 Å². The topological polar surface area (TPSA) is 98.8 Å². The summed E-state index contributed by atoms with van der Waals surface area (Å²) >= 11 is 5.89. The molecule has 3 aromatic rings. The summed E-state index contributed by atoms with van der Waals surface area (Å²) in [6, 6.07) is 13.9. The Labute approximate surface area is 190 Å². The van der Waals surface area contributed by atoms with Crippen LogP contribution in [0.4, 0.5) is 5.69 Å². The number of carbonyl (C=O) groups excluding carboxylic acids is 1. The summed E-state index contributed by atoms with van der Waals surface area (Å²) in [4.78, 5) is 23.0. The van der Waals surface area contributed by atoms with Gasteiger partial charge >= 0.3 is 5.97 Å². The molecule has 8 nitrogen and oxygen atoms in total. The maximum Gasteiger partial charge on any atom is 0.345 e. The van der Waals surface area contributed by atoms with Crippen LogP contribution < -0.4 is 5.43 Å². The average molecular weight is 455 g/mol. The molecule has 0 spiro atoms. The number of carbonyl (C=O) groups is 1. The van der Waals surface area contributed by atoms with E-state index in [0.717, 1.165) is 22.5 Å². The first kappa shape index (κ1) is 23.0. The predicted molar refractivity (Wildman–Crippen MR) is 124 cm³/mol. The number of nitrogens with one attached hydrogen (secondary N) is 1. The van der Waals surface area contributed by atoms with Crippen LogP contribution in [0.5, 0.6) is 0 Å². The lowest BCUT2D eigenvalue weighted by atomic mass is 10.1. The van der Waals surface area contributed by atoms with Crippen LogP contribution in [0.1, 0.15) is 39.8 Å². The summed E-state index contributed by atoms with van der Waals surface area (Å²) in [6.45, 7) is 6.14. The second-order valence-corrected chi connectivity index (χ2v) is 7.50. The number of hydrogen-bond acceptors (Lipinski definition) is 6. The zero-order chi connectivity index (χ0) is 23.3. The largest absolute Gasteiger partial charge is 0.462 e. The number of esters is 1. The van der Waals surface area contributed by atoms with Gasteiger partial charge in [-0.05, 0) is 56.7 Å². The summed E-state index contributed by atoms with van der Waals surface area (Å²) < 4.78 is 6.80. The standard InChI is InChI=1S/C23H23ClN4O4/c1-4-32-23(29)21-10-9-20(12-22(21)28(30)31)27-15(2)11-18(16(27)3)14-26-25-13-17-5-7-19(24)8-6-17/h5-12,14,25H,4,13H2,1-3H3/b26-14-. The van der Waals surface area contributed by atoms with Crippen LogP contribution in [-0.4, -0.2) is 28.3 Å². The van der Waals surface area contributed by atoms with E-state index in [1.165, 1.54) is 12.1 Å². The van der Waals surface area contributed by atoms with Crippen LogP contribution in [0.2, 0.25) is 5.02 Å². The van der Waals surface area contributed by atoms with Crippen molar-refractivity contribution in [1.82, 2.24) is 9.99 Å². The molecule has 3 rings (SSSR count). The van der Waals surface area contributed by atoms with E-state index >= 15 is 0 Å². The Morgan fingerprint density at radius 2 is 1.94 bits per heavy atom. The number of aromatic nitrogens is 1. The van der Waals surface area contributed by atoms with Gasteiger partial charge in [-0.2, -0.15) is 5.10 Å². The van der Waals surface area contributed by atoms with Gasteiger partial charge in [0.25, 0.3) is 5.69 Å². The number of nitro benzene ring substituents is 1. The molecule has 1 N–H and O–H groups in total. The van der Waals surface area contributed by atoms with E-state index in [1.54, 1.807) is 19.2 Å². The molecule has 0 unspecified atom stereocenters. The fourth-order valence-electron chi connectivity index (χ4n) is 3.36. The first-order valence-corrected chi connectivity index (χ1v) is 10.3. The van der Waals surface area contributed by atoms with E-state index in [2.05, 4.69) is 10.5 Å². The van der Waals surface area contributed by atoms with Gasteiger partial charge in [-0.15, -0.1) is 0 Å². The molecule has 0 aliphatic carbocycles. The summed E-state index contributed by atoms with van der Waals surface area (Å²) in [6.07, 6.45) is 1.70. The van der Waals surface area contributed by atoms with Gasteiger partial charge in [0.2, 0.25) is 0 Å². The fraction of sp³-hybridized carbons (Fsp3) is 0.217. The maximum absolute atomic E-state index is 12.1. The molecule has 32 heavy (non-hydrogen) atoms. The molecule has 9 heteroatoms. The highest BCUT2D eigenvalue weighted by Gasteiger charge is 2.23. The van der Waals surface area contributed by atoms with Gasteiger partial charge in [-0.25, -0.2) is 4.79 Å². The highest BCUT2D eigenvalue weighted by Crippen LogP contribution is 2.27. The van der Waals surface area contributed by atoms with Gasteiger partial charge in [-0.1, -0.05) is 23.7 Å². The molecule has 0 bridgehead atoms. The minimum Gasteiger partial charge on any atom is -0.462 e. The molecule has 0 aliphatic heterocycles. The van der Waals surface area contributed by atoms with Crippen molar-refractivity contribution in [1.29, 1.82) is 0 Å². The predicted octanol–water partition coefficient (Wildman–Crippen LogP) is 4.96. The van der Waals surface area contributed by atoms with Gasteiger partial charge in [-0.3, -0.25) is 10.1 Å². The number of aryl methyl sites for hydroxylation is 1. The number of nitrogens with zero attached hydrogens (tertiary/aromatic N) is 3. The number of ether oxygens (including phenoxy) is 1. The lowest BCUT2D eigenvalue weighted by molar-refractivity contribution is -0.385. The number of nitro groups is 1. The Morgan fingerprint density at radius 1 is 1.22 bits per heavy atom. The molecule has 0 fully saturated rings. The van der Waals surface area contributed by atoms with E-state index < -0.39 is 10.9 Å². The number of hydrazone groups is 1. The smallest absolute Gasteiger partial charge is 0.345 e. The van der Waals surface area contributed by atoms with E-state index in [1.807, 2.05) is 48.7 Å². The maximum atomic E-state index is 12.1. The molecule has 1 aromatic heterocycles. The van der Waals surface area contributed by atoms with Crippen LogP contribution in [0, 0.1) is 24.0 Å². The van der Waals surface area contributed by atoms with E-state index in [0.29, 0.717) is 17.3 Å². The molecular formula is C23H23ClN4O4. The molecule has 0 amide bonds. The third-order valence-corrected chi connectivity index (χ3v) is 5.15. The molecule has 0 aliphatic rings. The minimum absolute atomic E-state index is 0.0729. The summed E-state index contributed by atoms with van der Waals surface area (Å²) in [5, 5.41) is 16.5. The SMILES string of the molecule is CCOC(=O)c1ccc(-n2c(C)cc(/C=N\NCc3ccc(Cl)cc3)c2C)cc1[N+](=O)[O-]. The number of halogens is 1. The van der Waals surface area contributed by atoms with Crippen molar-refractivity contribution in [3.05, 3.63) is 91.7 Å². The highest BCUT2D eigenvalue weighted by atomic mass is 35.5. The quantitative estimate of drug-likeness (QED) is 0.224. The van der Waals surface area contributed by atoms with Gasteiger partial charge in [0.1, 0.15) is 5.56 Å². The highest BCUT2D eigenvalue weighted by molar-refractivity contribution is 6.30. The first-order chi connectivity index (χ1) is 15.3. The van der Waals surface area contributed by atoms with Crippen molar-refractivity contribution in [3.63, 3.8) is 0 Å². The number of benzene rings is 2. The molecule has 0 saturated carbocycles. The zero-order valence-corrected chi connectivity index (χ0v) is 18.7. The van der Waals surface area contributed by atoms with Gasteiger partial charge in [0.15, 0.2) is 0 Å². The Balaban J connectivity index is 1.83. The Bertz CT molecular complexity index is 1170. The van der Waals surface area contributed by atoms with Crippen LogP contribution >= 0.6 is 11.6 Å². The second-order valence-electron chi connectivity index (χ2n) is 7.06.